The van der Waals surface area contributed by atoms with E-state index in [2.05, 4.69) is 30.9 Å². The summed E-state index contributed by atoms with van der Waals surface area (Å²) in [5, 5.41) is 0.862. The zero-order valence-corrected chi connectivity index (χ0v) is 11.4. The SMILES string of the molecule is CC(c1ccccc1Cl)N1CCC(C)(CN)C1. The summed E-state index contributed by atoms with van der Waals surface area (Å²) in [6.07, 6.45) is 1.18. The molecule has 0 saturated carbocycles. The van der Waals surface area contributed by atoms with E-state index in [4.69, 9.17) is 17.3 Å². The Hall–Kier alpha value is -0.570. The van der Waals surface area contributed by atoms with Gasteiger partial charge in [0.05, 0.1) is 0 Å². The van der Waals surface area contributed by atoms with Gasteiger partial charge < -0.3 is 5.73 Å². The minimum absolute atomic E-state index is 0.273. The van der Waals surface area contributed by atoms with Gasteiger partial charge in [0, 0.05) is 17.6 Å². The van der Waals surface area contributed by atoms with Crippen LogP contribution in [0.5, 0.6) is 0 Å². The van der Waals surface area contributed by atoms with Crippen molar-refractivity contribution in [2.24, 2.45) is 11.1 Å². The van der Waals surface area contributed by atoms with Crippen molar-refractivity contribution in [1.82, 2.24) is 4.90 Å². The first-order valence-electron chi connectivity index (χ1n) is 6.24. The largest absolute Gasteiger partial charge is 0.330 e. The molecule has 1 aromatic carbocycles. The Bertz CT molecular complexity index is 394. The smallest absolute Gasteiger partial charge is 0.0453 e. The van der Waals surface area contributed by atoms with Crippen LogP contribution in [0.3, 0.4) is 0 Å². The predicted molar refractivity (Wildman–Crippen MR) is 73.2 cm³/mol. The second-order valence-electron chi connectivity index (χ2n) is 5.43. The Kier molecular flexibility index (Phi) is 3.76. The average Bonchev–Trinajstić information content (AvgIpc) is 2.73. The Morgan fingerprint density at radius 2 is 2.18 bits per heavy atom. The van der Waals surface area contributed by atoms with Crippen LogP contribution in [-0.2, 0) is 0 Å². The van der Waals surface area contributed by atoms with Crippen molar-refractivity contribution in [3.8, 4) is 0 Å². The summed E-state index contributed by atoms with van der Waals surface area (Å²) in [5.41, 5.74) is 7.34. The lowest BCUT2D eigenvalue weighted by Crippen LogP contribution is -2.32. The first-order chi connectivity index (χ1) is 8.06. The molecule has 1 aliphatic heterocycles. The van der Waals surface area contributed by atoms with Gasteiger partial charge in [0.1, 0.15) is 0 Å². The van der Waals surface area contributed by atoms with Crippen molar-refractivity contribution in [2.75, 3.05) is 19.6 Å². The standard InChI is InChI=1S/C14H21ClN2/c1-11(12-5-3-4-6-13(12)15)17-8-7-14(2,9-16)10-17/h3-6,11H,7-10,16H2,1-2H3. The van der Waals surface area contributed by atoms with Crippen molar-refractivity contribution < 1.29 is 0 Å². The van der Waals surface area contributed by atoms with Crippen LogP contribution in [0.4, 0.5) is 0 Å². The molecule has 1 aliphatic rings. The molecule has 2 N–H and O–H groups in total. The fourth-order valence-corrected chi connectivity index (χ4v) is 2.86. The van der Waals surface area contributed by atoms with Crippen LogP contribution in [-0.4, -0.2) is 24.5 Å². The summed E-state index contributed by atoms with van der Waals surface area (Å²) in [6, 6.07) is 8.48. The second-order valence-corrected chi connectivity index (χ2v) is 5.84. The van der Waals surface area contributed by atoms with Crippen molar-refractivity contribution >= 4 is 11.6 Å². The molecule has 0 aliphatic carbocycles. The maximum absolute atomic E-state index is 6.25. The van der Waals surface area contributed by atoms with E-state index >= 15 is 0 Å². The first-order valence-corrected chi connectivity index (χ1v) is 6.62. The van der Waals surface area contributed by atoms with Gasteiger partial charge in [0.25, 0.3) is 0 Å². The van der Waals surface area contributed by atoms with Gasteiger partial charge in [-0.2, -0.15) is 0 Å². The predicted octanol–water partition coefficient (Wildman–Crippen LogP) is 3.07. The van der Waals surface area contributed by atoms with Crippen molar-refractivity contribution in [2.45, 2.75) is 26.3 Å². The molecule has 2 atom stereocenters. The Morgan fingerprint density at radius 3 is 2.76 bits per heavy atom. The molecule has 2 unspecified atom stereocenters. The van der Waals surface area contributed by atoms with Crippen LogP contribution in [0.1, 0.15) is 31.9 Å². The molecule has 0 radical (unpaired) electrons. The Labute approximate surface area is 109 Å². The molecule has 0 aromatic heterocycles. The monoisotopic (exact) mass is 252 g/mol. The third-order valence-corrected chi connectivity index (χ3v) is 4.33. The number of benzene rings is 1. The minimum Gasteiger partial charge on any atom is -0.330 e. The molecule has 1 heterocycles. The molecule has 3 heteroatoms. The lowest BCUT2D eigenvalue weighted by molar-refractivity contribution is 0.227. The van der Waals surface area contributed by atoms with Crippen molar-refractivity contribution in [3.05, 3.63) is 34.9 Å². The fraction of sp³-hybridized carbons (Fsp3) is 0.571. The molecule has 0 spiro atoms. The van der Waals surface area contributed by atoms with E-state index in [1.807, 2.05) is 12.1 Å². The molecule has 2 rings (SSSR count). The lowest BCUT2D eigenvalue weighted by Gasteiger charge is -2.28. The van der Waals surface area contributed by atoms with Crippen molar-refractivity contribution in [1.29, 1.82) is 0 Å². The van der Waals surface area contributed by atoms with Gasteiger partial charge in [0.15, 0.2) is 0 Å². The van der Waals surface area contributed by atoms with E-state index in [1.54, 1.807) is 0 Å². The van der Waals surface area contributed by atoms with Gasteiger partial charge in [-0.15, -0.1) is 0 Å². The molecule has 2 nitrogen and oxygen atoms in total. The van der Waals surface area contributed by atoms with Gasteiger partial charge in [-0.3, -0.25) is 4.90 Å². The third kappa shape index (κ3) is 2.65. The maximum Gasteiger partial charge on any atom is 0.0453 e. The quantitative estimate of drug-likeness (QED) is 0.896. The summed E-state index contributed by atoms with van der Waals surface area (Å²) in [6.45, 7) is 7.44. The molecule has 0 amide bonds. The van der Waals surface area contributed by atoms with E-state index in [0.29, 0.717) is 6.04 Å². The molecular formula is C14H21ClN2. The summed E-state index contributed by atoms with van der Waals surface area (Å²) < 4.78 is 0. The first kappa shape index (κ1) is 12.9. The highest BCUT2D eigenvalue weighted by molar-refractivity contribution is 6.31. The molecular weight excluding hydrogens is 232 g/mol. The van der Waals surface area contributed by atoms with E-state index in [9.17, 15) is 0 Å². The Balaban J connectivity index is 2.12. The normalized spacial score (nSPS) is 27.3. The molecule has 17 heavy (non-hydrogen) atoms. The van der Waals surface area contributed by atoms with E-state index in [-0.39, 0.29) is 5.41 Å². The molecule has 1 fully saturated rings. The molecule has 94 valence electrons. The summed E-state index contributed by atoms with van der Waals surface area (Å²) in [7, 11) is 0. The Morgan fingerprint density at radius 1 is 1.47 bits per heavy atom. The molecule has 1 saturated heterocycles. The van der Waals surface area contributed by atoms with Crippen LogP contribution in [0.15, 0.2) is 24.3 Å². The van der Waals surface area contributed by atoms with Gasteiger partial charge in [-0.1, -0.05) is 36.7 Å². The fourth-order valence-electron chi connectivity index (χ4n) is 2.57. The number of nitrogens with two attached hydrogens (primary N) is 1. The summed E-state index contributed by atoms with van der Waals surface area (Å²) >= 11 is 6.25. The zero-order chi connectivity index (χ0) is 12.5. The van der Waals surface area contributed by atoms with Gasteiger partial charge in [-0.05, 0) is 43.5 Å². The lowest BCUT2D eigenvalue weighted by atomic mass is 9.90. The van der Waals surface area contributed by atoms with Gasteiger partial charge >= 0.3 is 0 Å². The number of rotatable bonds is 3. The molecule has 0 bridgehead atoms. The molecule has 1 aromatic rings. The van der Waals surface area contributed by atoms with Crippen LogP contribution >= 0.6 is 11.6 Å². The maximum atomic E-state index is 6.25. The summed E-state index contributed by atoms with van der Waals surface area (Å²) in [4.78, 5) is 2.48. The highest BCUT2D eigenvalue weighted by atomic mass is 35.5. The summed E-state index contributed by atoms with van der Waals surface area (Å²) in [5.74, 6) is 0. The number of likely N-dealkylation sites (tertiary alicyclic amines) is 1. The van der Waals surface area contributed by atoms with Gasteiger partial charge in [-0.25, -0.2) is 0 Å². The van der Waals surface area contributed by atoms with Crippen molar-refractivity contribution in [3.63, 3.8) is 0 Å². The van der Waals surface area contributed by atoms with Crippen LogP contribution in [0.25, 0.3) is 0 Å². The van der Waals surface area contributed by atoms with E-state index in [1.165, 1.54) is 12.0 Å². The third-order valence-electron chi connectivity index (χ3n) is 3.98. The number of nitrogens with zero attached hydrogens (tertiary/aromatic N) is 1. The minimum atomic E-state index is 0.273. The van der Waals surface area contributed by atoms with Gasteiger partial charge in [0.2, 0.25) is 0 Å². The van der Waals surface area contributed by atoms with Crippen LogP contribution < -0.4 is 5.73 Å². The average molecular weight is 253 g/mol. The van der Waals surface area contributed by atoms with E-state index in [0.717, 1.165) is 24.7 Å². The zero-order valence-electron chi connectivity index (χ0n) is 10.6. The topological polar surface area (TPSA) is 29.3 Å². The number of hydrogen-bond acceptors (Lipinski definition) is 2. The number of hydrogen-bond donors (Lipinski definition) is 1. The highest BCUT2D eigenvalue weighted by Crippen LogP contribution is 2.36. The van der Waals surface area contributed by atoms with E-state index < -0.39 is 0 Å². The van der Waals surface area contributed by atoms with Crippen LogP contribution in [0.2, 0.25) is 5.02 Å². The second kappa shape index (κ2) is 4.97. The number of halogens is 1. The van der Waals surface area contributed by atoms with Crippen LogP contribution in [0, 0.1) is 5.41 Å². The highest BCUT2D eigenvalue weighted by Gasteiger charge is 2.35.